The lowest BCUT2D eigenvalue weighted by Crippen LogP contribution is -2.48. The van der Waals surface area contributed by atoms with Crippen molar-refractivity contribution in [3.8, 4) is 0 Å². The quantitative estimate of drug-likeness (QED) is 0.155. The summed E-state index contributed by atoms with van der Waals surface area (Å²) in [5.74, 6) is 0. The largest absolute Gasteiger partial charge is 0.369 e. The normalized spacial score (nSPS) is 14.0. The predicted molar refractivity (Wildman–Crippen MR) is 152 cm³/mol. The number of anilines is 2. The summed E-state index contributed by atoms with van der Waals surface area (Å²) < 4.78 is 0. The topological polar surface area (TPSA) is 94.0 Å². The van der Waals surface area contributed by atoms with E-state index in [-0.39, 0.29) is 16.7 Å². The van der Waals surface area contributed by atoms with E-state index >= 15 is 0 Å². The fraction of sp³-hybridized carbons (Fsp3) is 0.345. The third-order valence-corrected chi connectivity index (χ3v) is 7.00. The summed E-state index contributed by atoms with van der Waals surface area (Å²) in [6.07, 6.45) is 0.732. The first-order chi connectivity index (χ1) is 18.5. The number of hydrogen-bond acceptors (Lipinski definition) is 7. The Morgan fingerprint density at radius 3 is 2.16 bits per heavy atom. The van der Waals surface area contributed by atoms with Gasteiger partial charge < -0.3 is 20.4 Å². The molecule has 0 spiro atoms. The Morgan fingerprint density at radius 2 is 1.58 bits per heavy atom. The molecular formula is C29H36N6O3. The molecule has 1 fully saturated rings. The molecule has 1 aliphatic rings. The van der Waals surface area contributed by atoms with Crippen molar-refractivity contribution in [2.45, 2.75) is 6.04 Å². The highest BCUT2D eigenvalue weighted by atomic mass is 16.6. The fourth-order valence-corrected chi connectivity index (χ4v) is 4.77. The number of carbonyl (C=O) groups excluding carboxylic acids is 1. The number of piperazine rings is 1. The van der Waals surface area contributed by atoms with E-state index in [4.69, 9.17) is 0 Å². The van der Waals surface area contributed by atoms with Gasteiger partial charge in [0.15, 0.2) is 0 Å². The Hall–Kier alpha value is -3.95. The highest BCUT2D eigenvalue weighted by Crippen LogP contribution is 2.35. The standard InChI is InChI=1S/C29H36N6O3/c1-32(15-14-30-23-36)16-17-33-18-20-34(21-19-33)26-12-13-28(35(37)38)27(22-26)31-29(24-8-4-2-5-9-24)25-10-6-3-7-11-25/h2-13,22-23,29,31H,14-21H2,1H3,(H,30,36). The molecule has 38 heavy (non-hydrogen) atoms. The number of nitro groups is 1. The Kier molecular flexibility index (Phi) is 9.66. The smallest absolute Gasteiger partial charge is 0.292 e. The monoisotopic (exact) mass is 516 g/mol. The van der Waals surface area contributed by atoms with Gasteiger partial charge in [0.05, 0.1) is 11.0 Å². The molecule has 9 heteroatoms. The summed E-state index contributed by atoms with van der Waals surface area (Å²) >= 11 is 0. The van der Waals surface area contributed by atoms with Crippen molar-refractivity contribution in [2.75, 3.05) is 69.6 Å². The SMILES string of the molecule is CN(CCNC=O)CCN1CCN(c2ccc([N+](=O)[O-])c(NC(c3ccccc3)c3ccccc3)c2)CC1. The van der Waals surface area contributed by atoms with Crippen LogP contribution >= 0.6 is 0 Å². The van der Waals surface area contributed by atoms with Crippen molar-refractivity contribution >= 4 is 23.5 Å². The van der Waals surface area contributed by atoms with Crippen LogP contribution in [-0.4, -0.2) is 80.5 Å². The molecule has 9 nitrogen and oxygen atoms in total. The Labute approximate surface area is 224 Å². The van der Waals surface area contributed by atoms with Gasteiger partial charge >= 0.3 is 0 Å². The summed E-state index contributed by atoms with van der Waals surface area (Å²) in [5, 5.41) is 18.1. The van der Waals surface area contributed by atoms with Crippen molar-refractivity contribution in [1.29, 1.82) is 0 Å². The van der Waals surface area contributed by atoms with E-state index in [9.17, 15) is 14.9 Å². The Bertz CT molecular complexity index is 1130. The second-order valence-corrected chi connectivity index (χ2v) is 9.56. The molecule has 1 heterocycles. The zero-order chi connectivity index (χ0) is 26.7. The van der Waals surface area contributed by atoms with Gasteiger partial charge in [-0.15, -0.1) is 0 Å². The zero-order valence-electron chi connectivity index (χ0n) is 21.8. The van der Waals surface area contributed by atoms with Gasteiger partial charge in [0.1, 0.15) is 5.69 Å². The number of carbonyl (C=O) groups is 1. The van der Waals surface area contributed by atoms with Crippen molar-refractivity contribution in [2.24, 2.45) is 0 Å². The number of nitro benzene ring substituents is 1. The number of rotatable bonds is 13. The van der Waals surface area contributed by atoms with Gasteiger partial charge in [0, 0.05) is 64.1 Å². The van der Waals surface area contributed by atoms with Crippen LogP contribution in [0.4, 0.5) is 17.1 Å². The van der Waals surface area contributed by atoms with Crippen LogP contribution in [0.25, 0.3) is 0 Å². The minimum atomic E-state index is -0.321. The lowest BCUT2D eigenvalue weighted by molar-refractivity contribution is -0.384. The zero-order valence-corrected chi connectivity index (χ0v) is 21.8. The molecule has 1 saturated heterocycles. The van der Waals surface area contributed by atoms with Crippen LogP contribution in [0.1, 0.15) is 17.2 Å². The first-order valence-corrected chi connectivity index (χ1v) is 13.0. The molecule has 3 aromatic carbocycles. The highest BCUT2D eigenvalue weighted by Gasteiger charge is 2.23. The molecule has 0 radical (unpaired) electrons. The molecular weight excluding hydrogens is 480 g/mol. The molecule has 4 rings (SSSR count). The molecule has 200 valence electrons. The molecule has 3 aromatic rings. The molecule has 1 amide bonds. The van der Waals surface area contributed by atoms with E-state index in [1.54, 1.807) is 6.07 Å². The number of nitrogens with zero attached hydrogens (tertiary/aromatic N) is 4. The fourth-order valence-electron chi connectivity index (χ4n) is 4.77. The minimum absolute atomic E-state index is 0.0661. The van der Waals surface area contributed by atoms with Crippen LogP contribution in [0.5, 0.6) is 0 Å². The molecule has 0 bridgehead atoms. The summed E-state index contributed by atoms with van der Waals surface area (Å²) in [4.78, 5) is 29.0. The van der Waals surface area contributed by atoms with E-state index in [0.29, 0.717) is 12.2 Å². The van der Waals surface area contributed by atoms with E-state index < -0.39 is 0 Å². The van der Waals surface area contributed by atoms with E-state index in [2.05, 4.69) is 32.4 Å². The molecule has 0 aromatic heterocycles. The Balaban J connectivity index is 1.46. The third kappa shape index (κ3) is 7.30. The summed E-state index contributed by atoms with van der Waals surface area (Å²) in [6.45, 7) is 6.95. The van der Waals surface area contributed by atoms with Gasteiger partial charge in [-0.25, -0.2) is 0 Å². The van der Waals surface area contributed by atoms with E-state index in [0.717, 1.165) is 69.0 Å². The number of hydrogen-bond donors (Lipinski definition) is 2. The van der Waals surface area contributed by atoms with Crippen LogP contribution < -0.4 is 15.5 Å². The van der Waals surface area contributed by atoms with Crippen molar-refractivity contribution in [3.05, 3.63) is 100 Å². The number of likely N-dealkylation sites (N-methyl/N-ethyl adjacent to an activating group) is 1. The molecule has 0 atom stereocenters. The lowest BCUT2D eigenvalue weighted by atomic mass is 9.98. The maximum absolute atomic E-state index is 11.9. The van der Waals surface area contributed by atoms with E-state index in [1.165, 1.54) is 0 Å². The van der Waals surface area contributed by atoms with Crippen LogP contribution in [0.2, 0.25) is 0 Å². The van der Waals surface area contributed by atoms with Gasteiger partial charge in [-0.1, -0.05) is 60.7 Å². The van der Waals surface area contributed by atoms with Gasteiger partial charge in [0.25, 0.3) is 5.69 Å². The van der Waals surface area contributed by atoms with Gasteiger partial charge in [-0.3, -0.25) is 19.8 Å². The van der Waals surface area contributed by atoms with Crippen LogP contribution in [0, 0.1) is 10.1 Å². The number of amides is 1. The molecule has 0 saturated carbocycles. The third-order valence-electron chi connectivity index (χ3n) is 7.00. The van der Waals surface area contributed by atoms with Crippen LogP contribution in [0.3, 0.4) is 0 Å². The number of benzene rings is 3. The number of nitrogens with one attached hydrogen (secondary N) is 2. The maximum Gasteiger partial charge on any atom is 0.292 e. The van der Waals surface area contributed by atoms with Crippen molar-refractivity contribution < 1.29 is 9.72 Å². The second kappa shape index (κ2) is 13.6. The first-order valence-electron chi connectivity index (χ1n) is 13.0. The lowest BCUT2D eigenvalue weighted by Gasteiger charge is -2.37. The Morgan fingerprint density at radius 1 is 0.947 bits per heavy atom. The molecule has 0 aliphatic carbocycles. The van der Waals surface area contributed by atoms with Gasteiger partial charge in [-0.05, 0) is 30.3 Å². The highest BCUT2D eigenvalue weighted by molar-refractivity contribution is 5.70. The maximum atomic E-state index is 11.9. The molecule has 2 N–H and O–H groups in total. The van der Waals surface area contributed by atoms with Crippen molar-refractivity contribution in [1.82, 2.24) is 15.1 Å². The molecule has 0 unspecified atom stereocenters. The second-order valence-electron chi connectivity index (χ2n) is 9.56. The van der Waals surface area contributed by atoms with Crippen LogP contribution in [0.15, 0.2) is 78.9 Å². The first kappa shape index (κ1) is 27.1. The van der Waals surface area contributed by atoms with Crippen molar-refractivity contribution in [3.63, 3.8) is 0 Å². The summed E-state index contributed by atoms with van der Waals surface area (Å²) in [5.41, 5.74) is 3.64. The van der Waals surface area contributed by atoms with Gasteiger partial charge in [0.2, 0.25) is 6.41 Å². The average Bonchev–Trinajstić information content (AvgIpc) is 2.96. The minimum Gasteiger partial charge on any atom is -0.369 e. The van der Waals surface area contributed by atoms with E-state index in [1.807, 2.05) is 72.8 Å². The molecule has 1 aliphatic heterocycles. The average molecular weight is 517 g/mol. The van der Waals surface area contributed by atoms with Gasteiger partial charge in [-0.2, -0.15) is 0 Å². The summed E-state index contributed by atoms with van der Waals surface area (Å²) in [7, 11) is 2.06. The predicted octanol–water partition coefficient (Wildman–Crippen LogP) is 3.60. The van der Waals surface area contributed by atoms with Crippen LogP contribution in [-0.2, 0) is 4.79 Å². The summed E-state index contributed by atoms with van der Waals surface area (Å²) in [6, 6.07) is 25.2.